The van der Waals surface area contributed by atoms with Crippen LogP contribution in [0.5, 0.6) is 11.5 Å². The van der Waals surface area contributed by atoms with Gasteiger partial charge in [0.05, 0.1) is 6.61 Å². The van der Waals surface area contributed by atoms with Gasteiger partial charge in [-0.25, -0.2) is 0 Å². The molecule has 5 heteroatoms. The highest BCUT2D eigenvalue weighted by molar-refractivity contribution is 14.1. The van der Waals surface area contributed by atoms with Crippen LogP contribution in [0.4, 0.5) is 5.69 Å². The molecule has 0 aliphatic heterocycles. The Morgan fingerprint density at radius 2 is 1.68 bits per heavy atom. The number of carbonyl (C=O) groups is 1. The Morgan fingerprint density at radius 1 is 0.964 bits per heavy atom. The molecular formula is C23H22INO3. The molecular weight excluding hydrogens is 465 g/mol. The number of benzene rings is 3. The lowest BCUT2D eigenvalue weighted by atomic mass is 10.1. The number of aryl methyl sites for hydroxylation is 1. The predicted molar refractivity (Wildman–Crippen MR) is 120 cm³/mol. The molecule has 1 N–H and O–H groups in total. The van der Waals surface area contributed by atoms with Crippen molar-refractivity contribution >= 4 is 34.2 Å². The third-order valence-electron chi connectivity index (χ3n) is 4.14. The van der Waals surface area contributed by atoms with E-state index >= 15 is 0 Å². The van der Waals surface area contributed by atoms with Crippen molar-refractivity contribution in [3.63, 3.8) is 0 Å². The molecule has 0 radical (unpaired) electrons. The second kappa shape index (κ2) is 9.59. The lowest BCUT2D eigenvalue weighted by molar-refractivity contribution is 0.102. The lowest BCUT2D eigenvalue weighted by Gasteiger charge is -2.14. The minimum Gasteiger partial charge on any atom is -0.493 e. The fourth-order valence-electron chi connectivity index (χ4n) is 2.66. The zero-order valence-corrected chi connectivity index (χ0v) is 18.0. The first-order chi connectivity index (χ1) is 13.5. The Hall–Kier alpha value is -2.54. The molecule has 0 aliphatic rings. The van der Waals surface area contributed by atoms with Gasteiger partial charge in [0.25, 0.3) is 5.91 Å². The van der Waals surface area contributed by atoms with E-state index in [1.54, 1.807) is 6.07 Å². The van der Waals surface area contributed by atoms with Gasteiger partial charge < -0.3 is 14.8 Å². The minimum atomic E-state index is -0.166. The van der Waals surface area contributed by atoms with Gasteiger partial charge in [-0.15, -0.1) is 0 Å². The summed E-state index contributed by atoms with van der Waals surface area (Å²) < 4.78 is 12.7. The number of ether oxygens (including phenoxy) is 2. The van der Waals surface area contributed by atoms with Crippen LogP contribution in [0, 0.1) is 10.5 Å². The lowest BCUT2D eigenvalue weighted by Crippen LogP contribution is -2.13. The van der Waals surface area contributed by atoms with Crippen LogP contribution in [0.3, 0.4) is 0 Å². The molecule has 0 bridgehead atoms. The van der Waals surface area contributed by atoms with Crippen LogP contribution in [0.1, 0.15) is 28.4 Å². The van der Waals surface area contributed by atoms with Gasteiger partial charge in [0.1, 0.15) is 18.1 Å². The second-order valence-corrected chi connectivity index (χ2v) is 7.56. The molecule has 0 heterocycles. The first kappa shape index (κ1) is 20.2. The highest BCUT2D eigenvalue weighted by Gasteiger charge is 2.12. The number of hydrogen-bond donors (Lipinski definition) is 1. The SMILES string of the molecule is CCOc1ccc(C(=O)Nc2ccc(I)cc2)cc1COc1ccc(C)cc1. The van der Waals surface area contributed by atoms with Crippen molar-refractivity contribution in [1.82, 2.24) is 0 Å². The van der Waals surface area contributed by atoms with Gasteiger partial charge in [-0.1, -0.05) is 17.7 Å². The van der Waals surface area contributed by atoms with E-state index in [0.717, 1.165) is 26.3 Å². The molecule has 0 aliphatic carbocycles. The standard InChI is InChI=1S/C23H22INO3/c1-3-27-22-13-6-17(23(26)25-20-9-7-19(24)8-10-20)14-18(22)15-28-21-11-4-16(2)5-12-21/h4-14H,3,15H2,1-2H3,(H,25,26). The summed E-state index contributed by atoms with van der Waals surface area (Å²) in [6, 6.07) is 21.0. The summed E-state index contributed by atoms with van der Waals surface area (Å²) in [6.45, 7) is 4.84. The van der Waals surface area contributed by atoms with Crippen molar-refractivity contribution in [3.8, 4) is 11.5 Å². The summed E-state index contributed by atoms with van der Waals surface area (Å²) in [5.74, 6) is 1.34. The molecule has 0 saturated heterocycles. The molecule has 28 heavy (non-hydrogen) atoms. The summed E-state index contributed by atoms with van der Waals surface area (Å²) in [5.41, 5.74) is 3.33. The Kier molecular flexibility index (Phi) is 6.92. The van der Waals surface area contributed by atoms with Gasteiger partial charge >= 0.3 is 0 Å². The van der Waals surface area contributed by atoms with E-state index < -0.39 is 0 Å². The number of hydrogen-bond acceptors (Lipinski definition) is 3. The molecule has 0 saturated carbocycles. The summed E-state index contributed by atoms with van der Waals surface area (Å²) in [4.78, 5) is 12.6. The molecule has 4 nitrogen and oxygen atoms in total. The van der Waals surface area contributed by atoms with Crippen molar-refractivity contribution in [2.24, 2.45) is 0 Å². The smallest absolute Gasteiger partial charge is 0.255 e. The van der Waals surface area contributed by atoms with Crippen LogP contribution in [0.2, 0.25) is 0 Å². The van der Waals surface area contributed by atoms with Crippen molar-refractivity contribution in [3.05, 3.63) is 87.0 Å². The third kappa shape index (κ3) is 5.48. The van der Waals surface area contributed by atoms with Gasteiger partial charge in [-0.2, -0.15) is 0 Å². The first-order valence-corrected chi connectivity index (χ1v) is 10.1. The Balaban J connectivity index is 1.76. The maximum atomic E-state index is 12.6. The first-order valence-electron chi connectivity index (χ1n) is 9.07. The second-order valence-electron chi connectivity index (χ2n) is 6.32. The molecule has 0 aromatic heterocycles. The molecule has 0 fully saturated rings. The normalized spacial score (nSPS) is 10.4. The van der Waals surface area contributed by atoms with Gasteiger partial charge in [-0.3, -0.25) is 4.79 Å². The van der Waals surface area contributed by atoms with Crippen molar-refractivity contribution in [1.29, 1.82) is 0 Å². The van der Waals surface area contributed by atoms with Crippen LogP contribution >= 0.6 is 22.6 Å². The number of nitrogens with one attached hydrogen (secondary N) is 1. The van der Waals surface area contributed by atoms with E-state index in [1.807, 2.05) is 74.5 Å². The molecule has 0 spiro atoms. The topological polar surface area (TPSA) is 47.6 Å². The number of amides is 1. The largest absolute Gasteiger partial charge is 0.493 e. The van der Waals surface area contributed by atoms with E-state index in [-0.39, 0.29) is 5.91 Å². The van der Waals surface area contributed by atoms with Crippen LogP contribution in [0.15, 0.2) is 66.7 Å². The highest BCUT2D eigenvalue weighted by atomic mass is 127. The van der Waals surface area contributed by atoms with Crippen molar-refractivity contribution < 1.29 is 14.3 Å². The molecule has 144 valence electrons. The number of anilines is 1. The highest BCUT2D eigenvalue weighted by Crippen LogP contribution is 2.24. The van der Waals surface area contributed by atoms with E-state index in [4.69, 9.17) is 9.47 Å². The Labute approximate surface area is 179 Å². The van der Waals surface area contributed by atoms with E-state index in [9.17, 15) is 4.79 Å². The zero-order chi connectivity index (χ0) is 19.9. The maximum Gasteiger partial charge on any atom is 0.255 e. The summed E-state index contributed by atoms with van der Waals surface area (Å²) >= 11 is 2.23. The van der Waals surface area contributed by atoms with Crippen molar-refractivity contribution in [2.75, 3.05) is 11.9 Å². The molecule has 0 atom stereocenters. The quantitative estimate of drug-likeness (QED) is 0.427. The Bertz CT molecular complexity index is 937. The average Bonchev–Trinajstić information content (AvgIpc) is 2.70. The number of carbonyl (C=O) groups excluding carboxylic acids is 1. The fourth-order valence-corrected chi connectivity index (χ4v) is 3.02. The van der Waals surface area contributed by atoms with Gasteiger partial charge in [0.15, 0.2) is 0 Å². The number of halogens is 1. The van der Waals surface area contributed by atoms with Crippen LogP contribution in [-0.2, 0) is 6.61 Å². The van der Waals surface area contributed by atoms with E-state index in [0.29, 0.717) is 18.8 Å². The number of rotatable bonds is 7. The summed E-state index contributed by atoms with van der Waals surface area (Å²) in [5, 5.41) is 2.92. The Morgan fingerprint density at radius 3 is 2.36 bits per heavy atom. The van der Waals surface area contributed by atoms with Crippen molar-refractivity contribution in [2.45, 2.75) is 20.5 Å². The molecule has 0 unspecified atom stereocenters. The summed E-state index contributed by atoms with van der Waals surface area (Å²) in [6.07, 6.45) is 0. The van der Waals surface area contributed by atoms with Gasteiger partial charge in [-0.05, 0) is 91.0 Å². The van der Waals surface area contributed by atoms with Gasteiger partial charge in [0, 0.05) is 20.4 Å². The van der Waals surface area contributed by atoms with Crippen LogP contribution < -0.4 is 14.8 Å². The summed E-state index contributed by atoms with van der Waals surface area (Å²) in [7, 11) is 0. The van der Waals surface area contributed by atoms with E-state index in [1.165, 1.54) is 5.56 Å². The van der Waals surface area contributed by atoms with Crippen LogP contribution in [-0.4, -0.2) is 12.5 Å². The van der Waals surface area contributed by atoms with E-state index in [2.05, 4.69) is 27.9 Å². The fraction of sp³-hybridized carbons (Fsp3) is 0.174. The van der Waals surface area contributed by atoms with Gasteiger partial charge in [0.2, 0.25) is 0 Å². The molecule has 1 amide bonds. The average molecular weight is 487 g/mol. The molecule has 3 rings (SSSR count). The molecule has 3 aromatic carbocycles. The van der Waals surface area contributed by atoms with Crippen LogP contribution in [0.25, 0.3) is 0 Å². The predicted octanol–water partition coefficient (Wildman–Crippen LogP) is 5.83. The minimum absolute atomic E-state index is 0.166. The monoisotopic (exact) mass is 487 g/mol. The zero-order valence-electron chi connectivity index (χ0n) is 15.9. The molecule has 3 aromatic rings. The maximum absolute atomic E-state index is 12.6. The third-order valence-corrected chi connectivity index (χ3v) is 4.86.